The van der Waals surface area contributed by atoms with Crippen LogP contribution in [0.2, 0.25) is 0 Å². The Labute approximate surface area is 116 Å². The monoisotopic (exact) mass is 272 g/mol. The van der Waals surface area contributed by atoms with Crippen LogP contribution >= 0.6 is 11.8 Å². The van der Waals surface area contributed by atoms with Crippen molar-refractivity contribution in [3.05, 3.63) is 53.8 Å². The summed E-state index contributed by atoms with van der Waals surface area (Å²) in [6, 6.07) is 14.0. The fourth-order valence-electron chi connectivity index (χ4n) is 1.72. The highest BCUT2D eigenvalue weighted by molar-refractivity contribution is 7.99. The molecule has 0 amide bonds. The zero-order chi connectivity index (χ0) is 13.7. The summed E-state index contributed by atoms with van der Waals surface area (Å²) in [6.07, 6.45) is 0. The van der Waals surface area contributed by atoms with E-state index in [9.17, 15) is 9.65 Å². The summed E-state index contributed by atoms with van der Waals surface area (Å²) in [6.45, 7) is 2.05. The van der Waals surface area contributed by atoms with Gasteiger partial charge >= 0.3 is 0 Å². The largest absolute Gasteiger partial charge is 0.354 e. The van der Waals surface area contributed by atoms with Gasteiger partial charge in [0.25, 0.3) is 0 Å². The van der Waals surface area contributed by atoms with Crippen LogP contribution in [0.25, 0.3) is 0 Å². The molecule has 0 radical (unpaired) electrons. The third-order valence-corrected chi connectivity index (χ3v) is 3.50. The normalized spacial score (nSPS) is 9.95. The standard InChI is InChI=1S/C15H13FN2S/c1-2-19-15-5-3-4-14(13(15)10-17)18-12-8-6-11(16)7-9-12/h3-9,18H,2H2,1H3. The van der Waals surface area contributed by atoms with E-state index in [0.717, 1.165) is 22.0 Å². The van der Waals surface area contributed by atoms with Crippen LogP contribution in [0.5, 0.6) is 0 Å². The van der Waals surface area contributed by atoms with Crippen molar-refractivity contribution in [1.29, 1.82) is 5.26 Å². The number of thioether (sulfide) groups is 1. The van der Waals surface area contributed by atoms with Crippen LogP contribution in [0.4, 0.5) is 15.8 Å². The Hall–Kier alpha value is -1.99. The van der Waals surface area contributed by atoms with Crippen molar-refractivity contribution in [2.75, 3.05) is 11.1 Å². The predicted molar refractivity (Wildman–Crippen MR) is 77.2 cm³/mol. The predicted octanol–water partition coefficient (Wildman–Crippen LogP) is 4.55. The second-order valence-corrected chi connectivity index (χ2v) is 5.16. The maximum Gasteiger partial charge on any atom is 0.123 e. The summed E-state index contributed by atoms with van der Waals surface area (Å²) in [5, 5.41) is 12.4. The molecular weight excluding hydrogens is 259 g/mol. The fourth-order valence-corrected chi connectivity index (χ4v) is 2.50. The van der Waals surface area contributed by atoms with Crippen molar-refractivity contribution in [1.82, 2.24) is 0 Å². The van der Waals surface area contributed by atoms with Crippen LogP contribution in [-0.2, 0) is 0 Å². The average molecular weight is 272 g/mol. The molecule has 0 aliphatic heterocycles. The molecule has 19 heavy (non-hydrogen) atoms. The van der Waals surface area contributed by atoms with Crippen LogP contribution in [0.15, 0.2) is 47.4 Å². The van der Waals surface area contributed by atoms with Gasteiger partial charge in [0.1, 0.15) is 11.9 Å². The van der Waals surface area contributed by atoms with Gasteiger partial charge in [0.05, 0.1) is 11.3 Å². The van der Waals surface area contributed by atoms with Gasteiger partial charge in [0, 0.05) is 10.6 Å². The van der Waals surface area contributed by atoms with Crippen LogP contribution < -0.4 is 5.32 Å². The lowest BCUT2D eigenvalue weighted by Gasteiger charge is -2.11. The van der Waals surface area contributed by atoms with Gasteiger partial charge in [-0.2, -0.15) is 5.26 Å². The number of anilines is 2. The van der Waals surface area contributed by atoms with E-state index in [0.29, 0.717) is 5.56 Å². The Balaban J connectivity index is 2.32. The molecule has 0 fully saturated rings. The van der Waals surface area contributed by atoms with Crippen molar-refractivity contribution in [3.63, 3.8) is 0 Å². The number of hydrogen-bond donors (Lipinski definition) is 1. The lowest BCUT2D eigenvalue weighted by Crippen LogP contribution is -1.95. The van der Waals surface area contributed by atoms with Gasteiger partial charge in [-0.3, -0.25) is 0 Å². The lowest BCUT2D eigenvalue weighted by atomic mass is 10.2. The van der Waals surface area contributed by atoms with E-state index >= 15 is 0 Å². The van der Waals surface area contributed by atoms with Gasteiger partial charge < -0.3 is 5.32 Å². The maximum absolute atomic E-state index is 12.9. The van der Waals surface area contributed by atoms with E-state index in [4.69, 9.17) is 0 Å². The molecule has 0 unspecified atom stereocenters. The van der Waals surface area contributed by atoms with Crippen molar-refractivity contribution >= 4 is 23.1 Å². The van der Waals surface area contributed by atoms with E-state index in [1.54, 1.807) is 23.9 Å². The molecular formula is C15H13FN2S. The molecule has 2 rings (SSSR count). The molecule has 0 aliphatic rings. The zero-order valence-electron chi connectivity index (χ0n) is 10.5. The minimum Gasteiger partial charge on any atom is -0.354 e. The van der Waals surface area contributed by atoms with Crippen LogP contribution in [0.3, 0.4) is 0 Å². The summed E-state index contributed by atoms with van der Waals surface area (Å²) in [5.74, 6) is 0.635. The molecule has 0 atom stereocenters. The molecule has 0 aromatic heterocycles. The third-order valence-electron chi connectivity index (χ3n) is 2.56. The van der Waals surface area contributed by atoms with Gasteiger partial charge in [0.15, 0.2) is 0 Å². The van der Waals surface area contributed by atoms with E-state index in [1.807, 2.05) is 25.1 Å². The van der Waals surface area contributed by atoms with Crippen molar-refractivity contribution < 1.29 is 4.39 Å². The number of rotatable bonds is 4. The number of benzene rings is 2. The van der Waals surface area contributed by atoms with Gasteiger partial charge in [-0.15, -0.1) is 11.8 Å². The van der Waals surface area contributed by atoms with Crippen molar-refractivity contribution in [2.45, 2.75) is 11.8 Å². The molecule has 0 heterocycles. The SMILES string of the molecule is CCSc1cccc(Nc2ccc(F)cc2)c1C#N. The molecule has 0 bridgehead atoms. The first kappa shape index (κ1) is 13.4. The van der Waals surface area contributed by atoms with Crippen molar-refractivity contribution in [3.8, 4) is 6.07 Å². The van der Waals surface area contributed by atoms with Gasteiger partial charge in [-0.25, -0.2) is 4.39 Å². The summed E-state index contributed by atoms with van der Waals surface area (Å²) in [5.41, 5.74) is 2.13. The van der Waals surface area contributed by atoms with Crippen LogP contribution in [0, 0.1) is 17.1 Å². The summed E-state index contributed by atoms with van der Waals surface area (Å²) >= 11 is 1.63. The molecule has 0 saturated heterocycles. The first-order valence-electron chi connectivity index (χ1n) is 5.93. The molecule has 0 aliphatic carbocycles. The van der Waals surface area contributed by atoms with Gasteiger partial charge in [0.2, 0.25) is 0 Å². The average Bonchev–Trinajstić information content (AvgIpc) is 2.42. The minimum absolute atomic E-state index is 0.277. The number of nitriles is 1. The van der Waals surface area contributed by atoms with Crippen molar-refractivity contribution in [2.24, 2.45) is 0 Å². The molecule has 1 N–H and O–H groups in total. The maximum atomic E-state index is 12.9. The van der Waals surface area contributed by atoms with Crippen LogP contribution in [-0.4, -0.2) is 5.75 Å². The Bertz CT molecular complexity index is 603. The molecule has 96 valence electrons. The third kappa shape index (κ3) is 3.27. The quantitative estimate of drug-likeness (QED) is 0.829. The highest BCUT2D eigenvalue weighted by Crippen LogP contribution is 2.29. The van der Waals surface area contributed by atoms with Gasteiger partial charge in [-0.1, -0.05) is 13.0 Å². The second kappa shape index (κ2) is 6.26. The van der Waals surface area contributed by atoms with Gasteiger partial charge in [-0.05, 0) is 42.2 Å². The van der Waals surface area contributed by atoms with E-state index in [2.05, 4.69) is 11.4 Å². The fraction of sp³-hybridized carbons (Fsp3) is 0.133. The van der Waals surface area contributed by atoms with E-state index in [-0.39, 0.29) is 5.82 Å². The number of nitrogens with one attached hydrogen (secondary N) is 1. The number of nitrogens with zero attached hydrogens (tertiary/aromatic N) is 1. The van der Waals surface area contributed by atoms with E-state index < -0.39 is 0 Å². The first-order chi connectivity index (χ1) is 9.24. The Kier molecular flexibility index (Phi) is 4.43. The highest BCUT2D eigenvalue weighted by atomic mass is 32.2. The summed E-state index contributed by atoms with van der Waals surface area (Å²) in [4.78, 5) is 0.956. The first-order valence-corrected chi connectivity index (χ1v) is 6.91. The minimum atomic E-state index is -0.277. The Morgan fingerprint density at radius 1 is 1.21 bits per heavy atom. The Morgan fingerprint density at radius 3 is 2.58 bits per heavy atom. The number of hydrogen-bond acceptors (Lipinski definition) is 3. The molecule has 2 aromatic rings. The topological polar surface area (TPSA) is 35.8 Å². The molecule has 2 aromatic carbocycles. The summed E-state index contributed by atoms with van der Waals surface area (Å²) < 4.78 is 12.9. The lowest BCUT2D eigenvalue weighted by molar-refractivity contribution is 0.628. The smallest absolute Gasteiger partial charge is 0.123 e. The molecule has 0 spiro atoms. The van der Waals surface area contributed by atoms with E-state index in [1.165, 1.54) is 12.1 Å². The zero-order valence-corrected chi connectivity index (χ0v) is 11.3. The molecule has 4 heteroatoms. The summed E-state index contributed by atoms with van der Waals surface area (Å²) in [7, 11) is 0. The Morgan fingerprint density at radius 2 is 1.95 bits per heavy atom. The molecule has 2 nitrogen and oxygen atoms in total. The molecule has 0 saturated carbocycles. The second-order valence-electron chi connectivity index (χ2n) is 3.86. The number of halogens is 1. The highest BCUT2D eigenvalue weighted by Gasteiger charge is 2.08. The van der Waals surface area contributed by atoms with Crippen LogP contribution in [0.1, 0.15) is 12.5 Å².